The molecule has 4 rings (SSSR count). The number of hydrogen-bond donors (Lipinski definition) is 2. The van der Waals surface area contributed by atoms with Gasteiger partial charge in [0, 0.05) is 38.4 Å². The molecule has 0 aliphatic carbocycles. The van der Waals surface area contributed by atoms with Crippen LogP contribution in [0.3, 0.4) is 0 Å². The van der Waals surface area contributed by atoms with Gasteiger partial charge in [-0.3, -0.25) is 14.4 Å². The summed E-state index contributed by atoms with van der Waals surface area (Å²) in [5.74, 6) is -1.53. The second-order valence-electron chi connectivity index (χ2n) is 8.81. The van der Waals surface area contributed by atoms with E-state index >= 15 is 0 Å². The van der Waals surface area contributed by atoms with E-state index < -0.39 is 11.7 Å². The number of halogens is 1. The van der Waals surface area contributed by atoms with Crippen molar-refractivity contribution in [2.24, 2.45) is 0 Å². The van der Waals surface area contributed by atoms with Crippen LogP contribution in [0, 0.1) is 12.7 Å². The number of nitrogens with zero attached hydrogens (tertiary/aromatic N) is 6. The number of nitrogen functional groups attached to an aromatic ring is 1. The van der Waals surface area contributed by atoms with Gasteiger partial charge in [-0.25, -0.2) is 19.0 Å². The van der Waals surface area contributed by atoms with E-state index in [9.17, 15) is 18.8 Å². The quantitative estimate of drug-likeness (QED) is 0.497. The van der Waals surface area contributed by atoms with Crippen LogP contribution in [0.1, 0.15) is 34.1 Å². The maximum absolute atomic E-state index is 15.0. The van der Waals surface area contributed by atoms with Crippen molar-refractivity contribution in [2.75, 3.05) is 38.2 Å². The third-order valence-corrected chi connectivity index (χ3v) is 6.28. The average Bonchev–Trinajstić information content (AvgIpc) is 3.49. The fourth-order valence-electron chi connectivity index (χ4n) is 4.20. The number of nitrogens with one attached hydrogen (secondary N) is 1. The molecule has 0 saturated carbocycles. The molecule has 1 saturated heterocycles. The summed E-state index contributed by atoms with van der Waals surface area (Å²) in [5.41, 5.74) is 7.10. The predicted molar refractivity (Wildman–Crippen MR) is 132 cm³/mol. The van der Waals surface area contributed by atoms with Gasteiger partial charge in [0.15, 0.2) is 11.3 Å². The highest BCUT2D eigenvalue weighted by Gasteiger charge is 2.31. The molecule has 1 fully saturated rings. The molecular formula is C24H27FN8O3. The van der Waals surface area contributed by atoms with Crippen LogP contribution >= 0.6 is 0 Å². The Hall–Kier alpha value is -4.35. The molecule has 1 aromatic carbocycles. The summed E-state index contributed by atoms with van der Waals surface area (Å²) in [6.45, 7) is 5.94. The van der Waals surface area contributed by atoms with Gasteiger partial charge in [0.1, 0.15) is 18.0 Å². The Morgan fingerprint density at radius 2 is 2.06 bits per heavy atom. The van der Waals surface area contributed by atoms with E-state index in [-0.39, 0.29) is 58.0 Å². The minimum Gasteiger partial charge on any atom is -0.383 e. The molecule has 0 spiro atoms. The van der Waals surface area contributed by atoms with Crippen molar-refractivity contribution in [1.82, 2.24) is 29.5 Å². The number of carbonyl (C=O) groups is 3. The minimum atomic E-state index is -0.614. The second-order valence-corrected chi connectivity index (χ2v) is 8.81. The van der Waals surface area contributed by atoms with Gasteiger partial charge in [0.2, 0.25) is 11.8 Å². The van der Waals surface area contributed by atoms with Crippen molar-refractivity contribution in [2.45, 2.75) is 25.8 Å². The SMILES string of the molecule is C=CC(=O)N1CC[C@@H](n2nc(C(=O)Nc3ccc(CC(=O)N(C)C)c(F)c3C)c3c(N)ncnc32)C1. The first-order valence-corrected chi connectivity index (χ1v) is 11.3. The zero-order chi connectivity index (χ0) is 26.1. The summed E-state index contributed by atoms with van der Waals surface area (Å²) in [7, 11) is 3.20. The van der Waals surface area contributed by atoms with Crippen LogP contribution in [0.4, 0.5) is 15.9 Å². The number of nitrogens with two attached hydrogens (primary N) is 1. The lowest BCUT2D eigenvalue weighted by atomic mass is 10.0. The molecule has 0 bridgehead atoms. The smallest absolute Gasteiger partial charge is 0.277 e. The number of benzene rings is 1. The molecule has 12 heteroatoms. The third kappa shape index (κ3) is 4.49. The number of aromatic nitrogens is 4. The van der Waals surface area contributed by atoms with Gasteiger partial charge in [-0.2, -0.15) is 5.10 Å². The summed E-state index contributed by atoms with van der Waals surface area (Å²) in [6.07, 6.45) is 3.06. The molecule has 3 amide bonds. The number of fused-ring (bicyclic) bond motifs is 1. The summed E-state index contributed by atoms with van der Waals surface area (Å²) in [4.78, 5) is 48.6. The van der Waals surface area contributed by atoms with E-state index in [4.69, 9.17) is 5.73 Å². The number of amides is 3. The molecule has 0 radical (unpaired) electrons. The lowest BCUT2D eigenvalue weighted by Gasteiger charge is -2.15. The highest BCUT2D eigenvalue weighted by molar-refractivity contribution is 6.13. The molecule has 3 N–H and O–H groups in total. The van der Waals surface area contributed by atoms with Crippen LogP contribution in [0.2, 0.25) is 0 Å². The van der Waals surface area contributed by atoms with Gasteiger partial charge in [-0.1, -0.05) is 12.6 Å². The average molecular weight is 495 g/mol. The van der Waals surface area contributed by atoms with Crippen LogP contribution in [0.5, 0.6) is 0 Å². The van der Waals surface area contributed by atoms with E-state index in [1.165, 1.54) is 30.3 Å². The summed E-state index contributed by atoms with van der Waals surface area (Å²) in [5, 5.41) is 7.45. The second kappa shape index (κ2) is 9.72. The molecule has 0 unspecified atom stereocenters. The molecule has 1 aliphatic heterocycles. The first-order chi connectivity index (χ1) is 17.1. The summed E-state index contributed by atoms with van der Waals surface area (Å²) < 4.78 is 16.6. The number of likely N-dealkylation sites (N-methyl/N-ethyl adjacent to an activating group) is 1. The highest BCUT2D eigenvalue weighted by atomic mass is 19.1. The fourth-order valence-corrected chi connectivity index (χ4v) is 4.20. The zero-order valence-corrected chi connectivity index (χ0v) is 20.3. The summed E-state index contributed by atoms with van der Waals surface area (Å²) >= 11 is 0. The lowest BCUT2D eigenvalue weighted by molar-refractivity contribution is -0.128. The van der Waals surface area contributed by atoms with Crippen LogP contribution in [-0.2, 0) is 16.0 Å². The van der Waals surface area contributed by atoms with Crippen molar-refractivity contribution in [3.8, 4) is 0 Å². The molecule has 188 valence electrons. The normalized spacial score (nSPS) is 15.2. The lowest BCUT2D eigenvalue weighted by Crippen LogP contribution is -2.27. The van der Waals surface area contributed by atoms with E-state index in [2.05, 4.69) is 27.0 Å². The maximum Gasteiger partial charge on any atom is 0.277 e. The van der Waals surface area contributed by atoms with Crippen molar-refractivity contribution in [3.05, 3.63) is 53.8 Å². The monoisotopic (exact) mass is 494 g/mol. The van der Waals surface area contributed by atoms with Crippen LogP contribution in [0.15, 0.2) is 31.1 Å². The molecule has 1 aliphatic rings. The maximum atomic E-state index is 15.0. The van der Waals surface area contributed by atoms with Gasteiger partial charge < -0.3 is 20.9 Å². The number of hydrogen-bond acceptors (Lipinski definition) is 7. The fraction of sp³-hybridized carbons (Fsp3) is 0.333. The molecule has 11 nitrogen and oxygen atoms in total. The van der Waals surface area contributed by atoms with Crippen molar-refractivity contribution in [3.63, 3.8) is 0 Å². The van der Waals surface area contributed by atoms with Gasteiger partial charge in [-0.15, -0.1) is 0 Å². The van der Waals surface area contributed by atoms with Crippen molar-refractivity contribution < 1.29 is 18.8 Å². The molecule has 2 aromatic heterocycles. The minimum absolute atomic E-state index is 0.0109. The highest BCUT2D eigenvalue weighted by Crippen LogP contribution is 2.30. The molecule has 36 heavy (non-hydrogen) atoms. The van der Waals surface area contributed by atoms with Crippen LogP contribution < -0.4 is 11.1 Å². The van der Waals surface area contributed by atoms with E-state index in [0.717, 1.165) is 0 Å². The number of likely N-dealkylation sites (tertiary alicyclic amines) is 1. The number of carbonyl (C=O) groups excluding carboxylic acids is 3. The number of anilines is 2. The Morgan fingerprint density at radius 3 is 2.75 bits per heavy atom. The van der Waals surface area contributed by atoms with Crippen molar-refractivity contribution >= 4 is 40.3 Å². The summed E-state index contributed by atoms with van der Waals surface area (Å²) in [6, 6.07) is 2.79. The Kier molecular flexibility index (Phi) is 6.69. The van der Waals surface area contributed by atoms with Gasteiger partial charge in [-0.05, 0) is 31.1 Å². The van der Waals surface area contributed by atoms with E-state index in [1.807, 2.05) is 0 Å². The Bertz CT molecular complexity index is 1380. The molecule has 3 aromatic rings. The van der Waals surface area contributed by atoms with Crippen LogP contribution in [0.25, 0.3) is 11.0 Å². The Morgan fingerprint density at radius 1 is 1.31 bits per heavy atom. The van der Waals surface area contributed by atoms with Gasteiger partial charge >= 0.3 is 0 Å². The van der Waals surface area contributed by atoms with Crippen LogP contribution in [-0.4, -0.2) is 74.5 Å². The Labute approximate surface area is 206 Å². The zero-order valence-electron chi connectivity index (χ0n) is 20.3. The van der Waals surface area contributed by atoms with Crippen molar-refractivity contribution in [1.29, 1.82) is 0 Å². The molecule has 3 heterocycles. The van der Waals surface area contributed by atoms with E-state index in [1.54, 1.807) is 29.7 Å². The standard InChI is InChI=1S/C24H27FN8O3/c1-5-17(34)32-9-8-15(11-32)33-23-19(22(26)27-12-28-23)21(30-33)24(36)29-16-7-6-14(20(25)13(16)2)10-18(35)31(3)4/h5-7,12,15H,1,8-11H2,2-4H3,(H,29,36)(H2,26,27,28)/t15-/m1/s1. The van der Waals surface area contributed by atoms with E-state index in [0.29, 0.717) is 25.2 Å². The first-order valence-electron chi connectivity index (χ1n) is 11.3. The topological polar surface area (TPSA) is 139 Å². The Balaban J connectivity index is 1.65. The number of rotatable bonds is 6. The largest absolute Gasteiger partial charge is 0.383 e. The molecular weight excluding hydrogens is 467 g/mol. The third-order valence-electron chi connectivity index (χ3n) is 6.28. The molecule has 1 atom stereocenters. The first kappa shape index (κ1) is 24.8. The van der Waals surface area contributed by atoms with Gasteiger partial charge in [0.05, 0.1) is 17.8 Å². The predicted octanol–water partition coefficient (Wildman–Crippen LogP) is 1.70. The van der Waals surface area contributed by atoms with Gasteiger partial charge in [0.25, 0.3) is 5.91 Å².